The van der Waals surface area contributed by atoms with Gasteiger partial charge in [-0.3, -0.25) is 9.59 Å². The van der Waals surface area contributed by atoms with Crippen LogP contribution in [0.1, 0.15) is 32.8 Å². The molecule has 4 rings (SSSR count). The maximum atomic E-state index is 12.8. The van der Waals surface area contributed by atoms with E-state index >= 15 is 0 Å². The average Bonchev–Trinajstić information content (AvgIpc) is 3.43. The molecule has 0 saturated carbocycles. The third kappa shape index (κ3) is 4.52. The van der Waals surface area contributed by atoms with E-state index in [0.29, 0.717) is 22.9 Å². The van der Waals surface area contributed by atoms with Crippen LogP contribution in [0.25, 0.3) is 16.3 Å². The molecule has 162 valence electrons. The quantitative estimate of drug-likeness (QED) is 0.444. The first kappa shape index (κ1) is 21.3. The molecule has 0 fully saturated rings. The van der Waals surface area contributed by atoms with Gasteiger partial charge in [0, 0.05) is 17.4 Å². The van der Waals surface area contributed by atoms with Crippen LogP contribution < -0.4 is 15.8 Å². The molecule has 9 heteroatoms. The van der Waals surface area contributed by atoms with E-state index in [4.69, 9.17) is 10.5 Å². The minimum atomic E-state index is -0.586. The van der Waals surface area contributed by atoms with Crippen molar-refractivity contribution in [3.05, 3.63) is 77.1 Å². The Kier molecular flexibility index (Phi) is 6.00. The van der Waals surface area contributed by atoms with Gasteiger partial charge in [0.25, 0.3) is 11.8 Å². The van der Waals surface area contributed by atoms with Crippen molar-refractivity contribution in [2.45, 2.75) is 13.8 Å². The van der Waals surface area contributed by atoms with Gasteiger partial charge in [-0.05, 0) is 68.4 Å². The van der Waals surface area contributed by atoms with Crippen molar-refractivity contribution < 1.29 is 14.3 Å². The SMILES string of the molecule is CCOc1ccc(-c2nc(C)c(C(=O)Nc3ccc(-n4ccc(C(N)=O)n4)cc3)s2)cc1. The standard InChI is InChI=1S/C23H21N5O3S/c1-3-31-18-10-4-15(5-11-18)23-25-14(2)20(32-23)22(30)26-16-6-8-17(9-7-16)28-13-12-19(27-28)21(24)29/h4-13H,3H2,1-2H3,(H2,24,29)(H,26,30). The van der Waals surface area contributed by atoms with Crippen LogP contribution in [0.2, 0.25) is 0 Å². The zero-order valence-electron chi connectivity index (χ0n) is 17.5. The molecule has 0 radical (unpaired) electrons. The number of hydrogen-bond donors (Lipinski definition) is 2. The second-order valence-electron chi connectivity index (χ2n) is 6.90. The molecule has 4 aromatic rings. The number of nitrogens with two attached hydrogens (primary N) is 1. The molecule has 0 unspecified atom stereocenters. The van der Waals surface area contributed by atoms with Crippen molar-refractivity contribution in [3.63, 3.8) is 0 Å². The first-order valence-corrected chi connectivity index (χ1v) is 10.7. The van der Waals surface area contributed by atoms with Gasteiger partial charge in [0.2, 0.25) is 0 Å². The number of rotatable bonds is 7. The Morgan fingerprint density at radius 1 is 1.09 bits per heavy atom. The minimum absolute atomic E-state index is 0.186. The molecule has 0 aliphatic carbocycles. The molecular formula is C23H21N5O3S. The number of aryl methyl sites for hydroxylation is 1. The van der Waals surface area contributed by atoms with Crippen LogP contribution in [0.15, 0.2) is 60.8 Å². The zero-order valence-corrected chi connectivity index (χ0v) is 18.3. The van der Waals surface area contributed by atoms with Gasteiger partial charge in [0.1, 0.15) is 21.3 Å². The number of aromatic nitrogens is 3. The lowest BCUT2D eigenvalue weighted by Gasteiger charge is -2.06. The van der Waals surface area contributed by atoms with Gasteiger partial charge in [0.05, 0.1) is 18.0 Å². The van der Waals surface area contributed by atoms with Gasteiger partial charge in [-0.25, -0.2) is 9.67 Å². The lowest BCUT2D eigenvalue weighted by Crippen LogP contribution is -2.12. The molecule has 2 aromatic heterocycles. The first-order valence-electron chi connectivity index (χ1n) is 9.92. The predicted molar refractivity (Wildman–Crippen MR) is 123 cm³/mol. The third-order valence-corrected chi connectivity index (χ3v) is 5.85. The highest BCUT2D eigenvalue weighted by molar-refractivity contribution is 7.17. The van der Waals surface area contributed by atoms with Gasteiger partial charge in [-0.15, -0.1) is 11.3 Å². The number of anilines is 1. The summed E-state index contributed by atoms with van der Waals surface area (Å²) in [5, 5.41) is 7.79. The summed E-state index contributed by atoms with van der Waals surface area (Å²) in [7, 11) is 0. The number of thiazole rings is 1. The number of amides is 2. The minimum Gasteiger partial charge on any atom is -0.494 e. The van der Waals surface area contributed by atoms with E-state index in [9.17, 15) is 9.59 Å². The second-order valence-corrected chi connectivity index (χ2v) is 7.90. The maximum Gasteiger partial charge on any atom is 0.269 e. The van der Waals surface area contributed by atoms with Gasteiger partial charge < -0.3 is 15.8 Å². The summed E-state index contributed by atoms with van der Waals surface area (Å²) in [6.07, 6.45) is 1.65. The van der Waals surface area contributed by atoms with Gasteiger partial charge in [-0.2, -0.15) is 5.10 Å². The molecule has 0 aliphatic heterocycles. The van der Waals surface area contributed by atoms with E-state index in [2.05, 4.69) is 15.4 Å². The fraction of sp³-hybridized carbons (Fsp3) is 0.130. The topological polar surface area (TPSA) is 112 Å². The summed E-state index contributed by atoms with van der Waals surface area (Å²) in [5.74, 6) is -0.0101. The van der Waals surface area contributed by atoms with Crippen LogP contribution in [0.4, 0.5) is 5.69 Å². The summed E-state index contributed by atoms with van der Waals surface area (Å²) in [6, 6.07) is 16.3. The lowest BCUT2D eigenvalue weighted by atomic mass is 10.2. The highest BCUT2D eigenvalue weighted by Crippen LogP contribution is 2.30. The van der Waals surface area contributed by atoms with Crippen LogP contribution in [-0.4, -0.2) is 33.2 Å². The molecular weight excluding hydrogens is 426 g/mol. The smallest absolute Gasteiger partial charge is 0.269 e. The fourth-order valence-corrected chi connectivity index (χ4v) is 4.04. The maximum absolute atomic E-state index is 12.8. The summed E-state index contributed by atoms with van der Waals surface area (Å²) >= 11 is 1.34. The van der Waals surface area contributed by atoms with E-state index in [1.54, 1.807) is 41.2 Å². The Labute approximate surface area is 188 Å². The number of carbonyl (C=O) groups excluding carboxylic acids is 2. The van der Waals surface area contributed by atoms with Crippen molar-refractivity contribution in [1.82, 2.24) is 14.8 Å². The number of primary amides is 1. The Morgan fingerprint density at radius 3 is 2.44 bits per heavy atom. The fourth-order valence-electron chi connectivity index (χ4n) is 3.08. The van der Waals surface area contributed by atoms with Crippen LogP contribution in [0.3, 0.4) is 0 Å². The van der Waals surface area contributed by atoms with Gasteiger partial charge in [-0.1, -0.05) is 0 Å². The first-order chi connectivity index (χ1) is 15.4. The Bertz CT molecular complexity index is 1260. The van der Waals surface area contributed by atoms with Crippen LogP contribution in [0.5, 0.6) is 5.75 Å². The van der Waals surface area contributed by atoms with E-state index < -0.39 is 5.91 Å². The summed E-state index contributed by atoms with van der Waals surface area (Å²) in [6.45, 7) is 4.37. The van der Waals surface area contributed by atoms with Crippen molar-refractivity contribution in [2.75, 3.05) is 11.9 Å². The number of nitrogens with zero attached hydrogens (tertiary/aromatic N) is 3. The number of carbonyl (C=O) groups is 2. The average molecular weight is 448 g/mol. The lowest BCUT2D eigenvalue weighted by molar-refractivity contribution is 0.0993. The Hall–Kier alpha value is -3.98. The molecule has 0 atom stereocenters. The van der Waals surface area contributed by atoms with Crippen LogP contribution in [-0.2, 0) is 0 Å². The zero-order chi connectivity index (χ0) is 22.7. The monoisotopic (exact) mass is 447 g/mol. The summed E-state index contributed by atoms with van der Waals surface area (Å²) in [4.78, 5) is 29.1. The molecule has 0 aliphatic rings. The normalized spacial score (nSPS) is 10.7. The van der Waals surface area contributed by atoms with Crippen molar-refractivity contribution >= 4 is 28.8 Å². The Morgan fingerprint density at radius 2 is 1.81 bits per heavy atom. The van der Waals surface area contributed by atoms with E-state index in [-0.39, 0.29) is 11.6 Å². The molecule has 32 heavy (non-hydrogen) atoms. The molecule has 0 bridgehead atoms. The number of benzene rings is 2. The van der Waals surface area contributed by atoms with Crippen LogP contribution in [0, 0.1) is 6.92 Å². The van der Waals surface area contributed by atoms with Crippen molar-refractivity contribution in [3.8, 4) is 22.0 Å². The van der Waals surface area contributed by atoms with Crippen LogP contribution >= 0.6 is 11.3 Å². The Balaban J connectivity index is 1.47. The van der Waals surface area contributed by atoms with E-state index in [1.807, 2.05) is 38.1 Å². The molecule has 8 nitrogen and oxygen atoms in total. The molecule has 2 aromatic carbocycles. The largest absolute Gasteiger partial charge is 0.494 e. The van der Waals surface area contributed by atoms with Crippen molar-refractivity contribution in [2.24, 2.45) is 5.73 Å². The molecule has 3 N–H and O–H groups in total. The third-order valence-electron chi connectivity index (χ3n) is 4.65. The highest BCUT2D eigenvalue weighted by Gasteiger charge is 2.17. The second kappa shape index (κ2) is 9.03. The molecule has 2 heterocycles. The predicted octanol–water partition coefficient (Wildman–Crippen LogP) is 4.05. The molecule has 0 saturated heterocycles. The number of nitrogens with one attached hydrogen (secondary N) is 1. The summed E-state index contributed by atoms with van der Waals surface area (Å²) in [5.41, 5.74) is 8.40. The molecule has 2 amide bonds. The van der Waals surface area contributed by atoms with Crippen molar-refractivity contribution in [1.29, 1.82) is 0 Å². The molecule has 0 spiro atoms. The number of hydrogen-bond acceptors (Lipinski definition) is 6. The highest BCUT2D eigenvalue weighted by atomic mass is 32.1. The van der Waals surface area contributed by atoms with E-state index in [0.717, 1.165) is 22.0 Å². The van der Waals surface area contributed by atoms with Gasteiger partial charge >= 0.3 is 0 Å². The number of ether oxygens (including phenoxy) is 1. The summed E-state index contributed by atoms with van der Waals surface area (Å²) < 4.78 is 7.02. The van der Waals surface area contributed by atoms with Gasteiger partial charge in [0.15, 0.2) is 0 Å². The van der Waals surface area contributed by atoms with E-state index in [1.165, 1.54) is 11.3 Å².